The van der Waals surface area contributed by atoms with E-state index in [1.54, 1.807) is 0 Å². The zero-order valence-corrected chi connectivity index (χ0v) is 13.9. The summed E-state index contributed by atoms with van der Waals surface area (Å²) in [7, 11) is -7.59. The Labute approximate surface area is 138 Å². The van der Waals surface area contributed by atoms with Crippen molar-refractivity contribution >= 4 is 19.9 Å². The van der Waals surface area contributed by atoms with Crippen molar-refractivity contribution in [3.8, 4) is 0 Å². The molecule has 1 fully saturated rings. The molecule has 9 heteroatoms. The molecule has 0 aliphatic carbocycles. The normalized spacial score (nSPS) is 16.8. The number of hydrogen-bond donors (Lipinski definition) is 0. The van der Waals surface area contributed by atoms with Gasteiger partial charge in [-0.15, -0.1) is 0 Å². The maximum Gasteiger partial charge on any atom is 0.243 e. The lowest BCUT2D eigenvalue weighted by atomic mass is 10.3. The molecule has 0 radical (unpaired) electrons. The Balaban J connectivity index is 1.77. The van der Waals surface area contributed by atoms with Crippen molar-refractivity contribution in [2.75, 3.05) is 13.1 Å². The van der Waals surface area contributed by atoms with Gasteiger partial charge in [0, 0.05) is 13.1 Å². The average molecular weight is 373 g/mol. The average Bonchev–Trinajstić information content (AvgIpc) is 2.46. The second-order valence-electron chi connectivity index (χ2n) is 5.40. The van der Waals surface area contributed by atoms with E-state index in [1.165, 1.54) is 0 Å². The molecule has 1 heterocycles. The first-order chi connectivity index (χ1) is 11.2. The highest BCUT2D eigenvalue weighted by Gasteiger charge is 2.44. The molecule has 0 saturated carbocycles. The Morgan fingerprint density at radius 2 is 1.17 bits per heavy atom. The Bertz CT molecular complexity index is 870. The SMILES string of the molecule is O=S(=O)(c1ccc(F)cc1)C1CN(S(=O)(=O)c2ccc(F)cc2)C1. The molecule has 0 amide bonds. The van der Waals surface area contributed by atoms with Crippen molar-refractivity contribution in [1.29, 1.82) is 0 Å². The van der Waals surface area contributed by atoms with Gasteiger partial charge >= 0.3 is 0 Å². The zero-order valence-electron chi connectivity index (χ0n) is 12.3. The van der Waals surface area contributed by atoms with Gasteiger partial charge in [-0.2, -0.15) is 4.31 Å². The van der Waals surface area contributed by atoms with E-state index in [4.69, 9.17) is 0 Å². The number of nitrogens with zero attached hydrogens (tertiary/aromatic N) is 1. The molecule has 1 aliphatic rings. The van der Waals surface area contributed by atoms with Crippen molar-refractivity contribution in [2.45, 2.75) is 15.0 Å². The summed E-state index contributed by atoms with van der Waals surface area (Å²) in [5.74, 6) is -1.11. The largest absolute Gasteiger partial charge is 0.243 e. The number of hydrogen-bond acceptors (Lipinski definition) is 4. The highest BCUT2D eigenvalue weighted by Crippen LogP contribution is 2.28. The molecule has 3 rings (SSSR count). The predicted octanol–water partition coefficient (Wildman–Crippen LogP) is 1.81. The van der Waals surface area contributed by atoms with E-state index in [-0.39, 0.29) is 22.9 Å². The molecular formula is C15H13F2NO4S2. The van der Waals surface area contributed by atoms with Crippen LogP contribution < -0.4 is 0 Å². The van der Waals surface area contributed by atoms with Gasteiger partial charge in [-0.1, -0.05) is 0 Å². The molecule has 0 atom stereocenters. The van der Waals surface area contributed by atoms with Crippen molar-refractivity contribution < 1.29 is 25.6 Å². The molecule has 0 aromatic heterocycles. The van der Waals surface area contributed by atoms with Gasteiger partial charge in [0.2, 0.25) is 10.0 Å². The van der Waals surface area contributed by atoms with Gasteiger partial charge in [-0.25, -0.2) is 25.6 Å². The number of benzene rings is 2. The summed E-state index contributed by atoms with van der Waals surface area (Å²) >= 11 is 0. The molecule has 1 saturated heterocycles. The van der Waals surface area contributed by atoms with Crippen molar-refractivity contribution in [3.63, 3.8) is 0 Å². The Morgan fingerprint density at radius 3 is 1.62 bits per heavy atom. The number of sulfone groups is 1. The lowest BCUT2D eigenvalue weighted by Gasteiger charge is -2.37. The standard InChI is InChI=1S/C15H13F2NO4S2/c16-11-1-5-13(6-2-11)23(19,20)15-9-18(10-15)24(21,22)14-7-3-12(17)4-8-14/h1-8,15H,9-10H2. The first-order valence-electron chi connectivity index (χ1n) is 6.96. The van der Waals surface area contributed by atoms with E-state index in [0.717, 1.165) is 52.8 Å². The predicted molar refractivity (Wildman–Crippen MR) is 82.5 cm³/mol. The summed E-state index contributed by atoms with van der Waals surface area (Å²) in [6, 6.07) is 8.71. The maximum atomic E-state index is 12.9. The van der Waals surface area contributed by atoms with E-state index in [0.29, 0.717) is 0 Å². The fourth-order valence-electron chi connectivity index (χ4n) is 2.37. The molecule has 5 nitrogen and oxygen atoms in total. The van der Waals surface area contributed by atoms with Crippen molar-refractivity contribution in [1.82, 2.24) is 4.31 Å². The molecule has 128 valence electrons. The minimum atomic E-state index is -3.86. The first kappa shape index (κ1) is 17.0. The monoisotopic (exact) mass is 373 g/mol. The van der Waals surface area contributed by atoms with Gasteiger partial charge in [-0.3, -0.25) is 0 Å². The lowest BCUT2D eigenvalue weighted by molar-refractivity contribution is 0.309. The highest BCUT2D eigenvalue weighted by atomic mass is 32.2. The van der Waals surface area contributed by atoms with Crippen LogP contribution in [-0.4, -0.2) is 39.5 Å². The Morgan fingerprint density at radius 1 is 0.750 bits per heavy atom. The quantitative estimate of drug-likeness (QED) is 0.767. The van der Waals surface area contributed by atoms with E-state index in [9.17, 15) is 25.6 Å². The third kappa shape index (κ3) is 2.94. The van der Waals surface area contributed by atoms with Crippen LogP contribution in [0.2, 0.25) is 0 Å². The summed E-state index contributed by atoms with van der Waals surface area (Å²) in [4.78, 5) is -0.144. The molecular weight excluding hydrogens is 360 g/mol. The van der Waals surface area contributed by atoms with Crippen LogP contribution >= 0.6 is 0 Å². The van der Waals surface area contributed by atoms with Gasteiger partial charge in [-0.05, 0) is 48.5 Å². The van der Waals surface area contributed by atoms with E-state index in [2.05, 4.69) is 0 Å². The Kier molecular flexibility index (Phi) is 4.18. The Hall–Kier alpha value is -1.84. The fraction of sp³-hybridized carbons (Fsp3) is 0.200. The summed E-state index contributed by atoms with van der Waals surface area (Å²) in [6.45, 7) is -0.390. The van der Waals surface area contributed by atoms with Crippen LogP contribution in [0.15, 0.2) is 58.3 Å². The third-order valence-corrected chi connectivity index (χ3v) is 7.80. The topological polar surface area (TPSA) is 71.5 Å². The minimum absolute atomic E-state index is 0.0484. The van der Waals surface area contributed by atoms with Gasteiger partial charge in [0.1, 0.15) is 11.6 Å². The summed E-state index contributed by atoms with van der Waals surface area (Å²) in [6.07, 6.45) is 0. The third-order valence-electron chi connectivity index (χ3n) is 3.85. The second-order valence-corrected chi connectivity index (χ2v) is 9.56. The van der Waals surface area contributed by atoms with Crippen LogP contribution in [0.1, 0.15) is 0 Å². The van der Waals surface area contributed by atoms with Crippen LogP contribution in [0.4, 0.5) is 8.78 Å². The molecule has 0 bridgehead atoms. The summed E-state index contributed by atoms with van der Waals surface area (Å²) in [5.41, 5.74) is 0. The van der Waals surface area contributed by atoms with Gasteiger partial charge < -0.3 is 0 Å². The smallest absolute Gasteiger partial charge is 0.223 e. The van der Waals surface area contributed by atoms with Gasteiger partial charge in [0.15, 0.2) is 9.84 Å². The van der Waals surface area contributed by atoms with Crippen LogP contribution in [0.5, 0.6) is 0 Å². The molecule has 1 aliphatic heterocycles. The first-order valence-corrected chi connectivity index (χ1v) is 9.95. The lowest BCUT2D eigenvalue weighted by Crippen LogP contribution is -2.56. The molecule has 2 aromatic carbocycles. The summed E-state index contributed by atoms with van der Waals surface area (Å²) in [5, 5.41) is -0.891. The molecule has 0 N–H and O–H groups in total. The van der Waals surface area contributed by atoms with Crippen LogP contribution in [0.3, 0.4) is 0 Å². The highest BCUT2D eigenvalue weighted by molar-refractivity contribution is 7.92. The van der Waals surface area contributed by atoms with Crippen LogP contribution in [0.25, 0.3) is 0 Å². The van der Waals surface area contributed by atoms with Gasteiger partial charge in [0.25, 0.3) is 0 Å². The molecule has 0 unspecified atom stereocenters. The van der Waals surface area contributed by atoms with Crippen LogP contribution in [0, 0.1) is 11.6 Å². The van der Waals surface area contributed by atoms with Gasteiger partial charge in [0.05, 0.1) is 15.0 Å². The molecule has 2 aromatic rings. The maximum absolute atomic E-state index is 12.9. The van der Waals surface area contributed by atoms with E-state index in [1.807, 2.05) is 0 Å². The van der Waals surface area contributed by atoms with Crippen LogP contribution in [-0.2, 0) is 19.9 Å². The molecule has 24 heavy (non-hydrogen) atoms. The van der Waals surface area contributed by atoms with E-state index < -0.39 is 36.7 Å². The fourth-order valence-corrected chi connectivity index (χ4v) is 5.74. The summed E-state index contributed by atoms with van der Waals surface area (Å²) < 4.78 is 76.3. The second kappa shape index (κ2) is 5.91. The number of sulfonamides is 1. The molecule has 0 spiro atoms. The minimum Gasteiger partial charge on any atom is -0.223 e. The van der Waals surface area contributed by atoms with Crippen molar-refractivity contribution in [2.24, 2.45) is 0 Å². The number of halogens is 2. The van der Waals surface area contributed by atoms with Crippen molar-refractivity contribution in [3.05, 3.63) is 60.2 Å². The van der Waals surface area contributed by atoms with E-state index >= 15 is 0 Å². The zero-order chi connectivity index (χ0) is 17.5. The number of rotatable bonds is 4.